The van der Waals surface area contributed by atoms with Crippen LogP contribution in [0.2, 0.25) is 0 Å². The fourth-order valence-corrected chi connectivity index (χ4v) is 2.39. The molecule has 0 atom stereocenters. The Morgan fingerprint density at radius 3 is 2.09 bits per heavy atom. The van der Waals surface area contributed by atoms with Gasteiger partial charge in [0.1, 0.15) is 11.9 Å². The van der Waals surface area contributed by atoms with Crippen LogP contribution >= 0.6 is 0 Å². The monoisotopic (exact) mass is 322 g/mol. The number of benzene rings is 1. The van der Waals surface area contributed by atoms with Gasteiger partial charge in [-0.15, -0.1) is 0 Å². The van der Waals surface area contributed by atoms with E-state index in [0.29, 0.717) is 13.2 Å². The van der Waals surface area contributed by atoms with E-state index in [4.69, 9.17) is 23.5 Å². The molecule has 0 aliphatic carbocycles. The second kappa shape index (κ2) is 7.22. The van der Waals surface area contributed by atoms with Crippen LogP contribution in [0.5, 0.6) is 5.75 Å². The first-order valence-electron chi connectivity index (χ1n) is 7.89. The Morgan fingerprint density at radius 1 is 1.00 bits per heavy atom. The Kier molecular flexibility index (Phi) is 5.73. The van der Waals surface area contributed by atoms with E-state index >= 15 is 0 Å². The van der Waals surface area contributed by atoms with Gasteiger partial charge in [-0.3, -0.25) is 0 Å². The third-order valence-corrected chi connectivity index (χ3v) is 4.39. The van der Waals surface area contributed by atoms with Crippen molar-refractivity contribution in [3.8, 4) is 5.75 Å². The molecule has 1 aromatic rings. The molecule has 0 radical (unpaired) electrons. The lowest BCUT2D eigenvalue weighted by Crippen LogP contribution is -2.41. The third kappa shape index (κ3) is 4.26. The molecule has 0 unspecified atom stereocenters. The molecule has 1 aromatic carbocycles. The highest BCUT2D eigenvalue weighted by Crippen LogP contribution is 2.36. The van der Waals surface area contributed by atoms with E-state index in [1.807, 2.05) is 52.0 Å². The van der Waals surface area contributed by atoms with Crippen molar-refractivity contribution in [1.82, 2.24) is 0 Å². The maximum Gasteiger partial charge on any atom is 0.494 e. The summed E-state index contributed by atoms with van der Waals surface area (Å²) in [4.78, 5) is 0. The van der Waals surface area contributed by atoms with Crippen molar-refractivity contribution in [3.63, 3.8) is 0 Å². The standard InChI is InChI=1S/C17H27BO5/c1-16(2)17(3,4)23-18(22-16)13-8-7-9-14(10-13)21-15(11-19-5)12-20-6/h7-10,15H,11-12H2,1-6H3. The molecule has 1 saturated heterocycles. The summed E-state index contributed by atoms with van der Waals surface area (Å²) in [5.74, 6) is 0.747. The topological polar surface area (TPSA) is 46.2 Å². The Balaban J connectivity index is 2.11. The van der Waals surface area contributed by atoms with Crippen LogP contribution in [0.1, 0.15) is 27.7 Å². The predicted octanol–water partition coefficient (Wildman–Crippen LogP) is 2.03. The van der Waals surface area contributed by atoms with E-state index in [9.17, 15) is 0 Å². The molecule has 23 heavy (non-hydrogen) atoms. The molecular formula is C17H27BO5. The van der Waals surface area contributed by atoms with Gasteiger partial charge in [-0.05, 0) is 45.3 Å². The number of hydrogen-bond donors (Lipinski definition) is 0. The summed E-state index contributed by atoms with van der Waals surface area (Å²) >= 11 is 0. The van der Waals surface area contributed by atoms with Crippen molar-refractivity contribution in [2.45, 2.75) is 45.0 Å². The van der Waals surface area contributed by atoms with Crippen molar-refractivity contribution < 1.29 is 23.5 Å². The highest BCUT2D eigenvalue weighted by atomic mass is 16.7. The molecule has 2 rings (SSSR count). The van der Waals surface area contributed by atoms with Crippen LogP contribution in [0.25, 0.3) is 0 Å². The summed E-state index contributed by atoms with van der Waals surface area (Å²) in [5, 5.41) is 0. The zero-order valence-corrected chi connectivity index (χ0v) is 14.9. The minimum absolute atomic E-state index is 0.154. The maximum absolute atomic E-state index is 6.08. The summed E-state index contributed by atoms with van der Waals surface area (Å²) < 4.78 is 28.4. The second-order valence-corrected chi connectivity index (χ2v) is 6.81. The van der Waals surface area contributed by atoms with E-state index < -0.39 is 7.12 Å². The molecule has 1 heterocycles. The molecule has 0 N–H and O–H groups in total. The minimum Gasteiger partial charge on any atom is -0.486 e. The molecule has 128 valence electrons. The summed E-state index contributed by atoms with van der Waals surface area (Å²) in [7, 11) is 2.89. The van der Waals surface area contributed by atoms with Gasteiger partial charge in [0.05, 0.1) is 24.4 Å². The lowest BCUT2D eigenvalue weighted by atomic mass is 9.79. The summed E-state index contributed by atoms with van der Waals surface area (Å²) in [6, 6.07) is 7.77. The van der Waals surface area contributed by atoms with Gasteiger partial charge in [-0.25, -0.2) is 0 Å². The van der Waals surface area contributed by atoms with Gasteiger partial charge in [0, 0.05) is 14.2 Å². The van der Waals surface area contributed by atoms with Crippen LogP contribution < -0.4 is 10.2 Å². The molecular weight excluding hydrogens is 295 g/mol. The summed E-state index contributed by atoms with van der Waals surface area (Å²) in [6.07, 6.45) is -0.154. The van der Waals surface area contributed by atoms with Gasteiger partial charge in [0.2, 0.25) is 0 Å². The Labute approximate surface area is 139 Å². The summed E-state index contributed by atoms with van der Waals surface area (Å²) in [6.45, 7) is 9.10. The molecule has 0 spiro atoms. The normalized spacial score (nSPS) is 19.3. The zero-order chi connectivity index (χ0) is 17.1. The third-order valence-electron chi connectivity index (χ3n) is 4.39. The average Bonchev–Trinajstić information content (AvgIpc) is 2.68. The van der Waals surface area contributed by atoms with E-state index in [1.165, 1.54) is 0 Å². The minimum atomic E-state index is -0.396. The van der Waals surface area contributed by atoms with Crippen LogP contribution in [0.15, 0.2) is 24.3 Å². The fourth-order valence-electron chi connectivity index (χ4n) is 2.39. The Hall–Kier alpha value is -1.08. The van der Waals surface area contributed by atoms with Crippen LogP contribution in [0, 0.1) is 0 Å². The molecule has 0 amide bonds. The van der Waals surface area contributed by atoms with Crippen molar-refractivity contribution in [2.75, 3.05) is 27.4 Å². The lowest BCUT2D eigenvalue weighted by molar-refractivity contribution is 0.00578. The van der Waals surface area contributed by atoms with Gasteiger partial charge < -0.3 is 23.5 Å². The largest absolute Gasteiger partial charge is 0.494 e. The lowest BCUT2D eigenvalue weighted by Gasteiger charge is -2.32. The molecule has 0 saturated carbocycles. The molecule has 1 aliphatic rings. The quantitative estimate of drug-likeness (QED) is 0.719. The van der Waals surface area contributed by atoms with Crippen molar-refractivity contribution >= 4 is 12.6 Å². The first kappa shape index (κ1) is 18.3. The van der Waals surface area contributed by atoms with Crippen LogP contribution in [0.3, 0.4) is 0 Å². The first-order chi connectivity index (χ1) is 10.8. The van der Waals surface area contributed by atoms with Crippen LogP contribution in [-0.4, -0.2) is 51.9 Å². The average molecular weight is 322 g/mol. The molecule has 0 bridgehead atoms. The van der Waals surface area contributed by atoms with Crippen molar-refractivity contribution in [2.24, 2.45) is 0 Å². The number of hydrogen-bond acceptors (Lipinski definition) is 5. The predicted molar refractivity (Wildman–Crippen MR) is 90.3 cm³/mol. The van der Waals surface area contributed by atoms with Crippen molar-refractivity contribution in [1.29, 1.82) is 0 Å². The SMILES string of the molecule is COCC(COC)Oc1cccc(B2OC(C)(C)C(C)(C)O2)c1. The smallest absolute Gasteiger partial charge is 0.486 e. The molecule has 1 fully saturated rings. The van der Waals surface area contributed by atoms with Gasteiger partial charge in [-0.1, -0.05) is 12.1 Å². The highest BCUT2D eigenvalue weighted by Gasteiger charge is 2.51. The van der Waals surface area contributed by atoms with Gasteiger partial charge >= 0.3 is 7.12 Å². The van der Waals surface area contributed by atoms with Gasteiger partial charge in [0.15, 0.2) is 0 Å². The first-order valence-corrected chi connectivity index (χ1v) is 7.89. The van der Waals surface area contributed by atoms with E-state index in [2.05, 4.69) is 0 Å². The number of rotatable bonds is 7. The zero-order valence-electron chi connectivity index (χ0n) is 14.9. The number of ether oxygens (including phenoxy) is 3. The van der Waals surface area contributed by atoms with Crippen molar-refractivity contribution in [3.05, 3.63) is 24.3 Å². The Bertz CT molecular complexity index is 495. The van der Waals surface area contributed by atoms with Crippen LogP contribution in [0.4, 0.5) is 0 Å². The molecule has 5 nitrogen and oxygen atoms in total. The number of methoxy groups -OCH3 is 2. The maximum atomic E-state index is 6.08. The van der Waals surface area contributed by atoms with Gasteiger partial charge in [0.25, 0.3) is 0 Å². The second-order valence-electron chi connectivity index (χ2n) is 6.81. The van der Waals surface area contributed by atoms with E-state index in [-0.39, 0.29) is 17.3 Å². The molecule has 1 aliphatic heterocycles. The van der Waals surface area contributed by atoms with Crippen LogP contribution in [-0.2, 0) is 18.8 Å². The van der Waals surface area contributed by atoms with E-state index in [0.717, 1.165) is 11.2 Å². The molecule has 6 heteroatoms. The highest BCUT2D eigenvalue weighted by molar-refractivity contribution is 6.62. The van der Waals surface area contributed by atoms with Gasteiger partial charge in [-0.2, -0.15) is 0 Å². The van der Waals surface area contributed by atoms with E-state index in [1.54, 1.807) is 14.2 Å². The fraction of sp³-hybridized carbons (Fsp3) is 0.647. The Morgan fingerprint density at radius 2 is 1.57 bits per heavy atom. The molecule has 0 aromatic heterocycles. The summed E-state index contributed by atoms with van der Waals surface area (Å²) in [5.41, 5.74) is 0.224.